The first-order valence-electron chi connectivity index (χ1n) is 11.2. The lowest BCUT2D eigenvalue weighted by atomic mass is 9.97. The number of carbonyl (C=O) groups is 1. The molecule has 10 heteroatoms. The Hall–Kier alpha value is -3.11. The first kappa shape index (κ1) is 24.0. The Morgan fingerprint density at radius 2 is 1.76 bits per heavy atom. The Bertz CT molecular complexity index is 1230. The van der Waals surface area contributed by atoms with Gasteiger partial charge in [-0.1, -0.05) is 19.0 Å². The SMILES string of the molecule is CC(C)CC(=O)Nc1ccc(S(=O)(=O)N2CCC(c3noc(-c4ccc(F)cc4)n3)CC2)cc1. The van der Waals surface area contributed by atoms with Gasteiger partial charge in [-0.15, -0.1) is 0 Å². The van der Waals surface area contributed by atoms with Crippen molar-refractivity contribution in [3.05, 3.63) is 60.2 Å². The number of rotatable bonds is 7. The molecule has 1 aliphatic heterocycles. The van der Waals surface area contributed by atoms with E-state index >= 15 is 0 Å². The largest absolute Gasteiger partial charge is 0.334 e. The summed E-state index contributed by atoms with van der Waals surface area (Å²) in [5.74, 6) is 0.607. The Kier molecular flexibility index (Phi) is 7.08. The number of aromatic nitrogens is 2. The minimum absolute atomic E-state index is 0.0251. The zero-order chi connectivity index (χ0) is 24.3. The highest BCUT2D eigenvalue weighted by Gasteiger charge is 2.32. The predicted octanol–water partition coefficient (Wildman–Crippen LogP) is 4.43. The Balaban J connectivity index is 1.37. The molecular formula is C24H27FN4O4S. The first-order valence-corrected chi connectivity index (χ1v) is 12.7. The maximum absolute atomic E-state index is 13.1. The number of sulfonamides is 1. The Morgan fingerprint density at radius 3 is 2.38 bits per heavy atom. The topological polar surface area (TPSA) is 105 Å². The monoisotopic (exact) mass is 486 g/mol. The van der Waals surface area contributed by atoms with Crippen LogP contribution in [-0.2, 0) is 14.8 Å². The van der Waals surface area contributed by atoms with Gasteiger partial charge in [0.05, 0.1) is 4.90 Å². The molecule has 1 aliphatic rings. The average Bonchev–Trinajstić information content (AvgIpc) is 3.30. The van der Waals surface area contributed by atoms with Crippen LogP contribution in [0.4, 0.5) is 10.1 Å². The number of anilines is 1. The maximum Gasteiger partial charge on any atom is 0.257 e. The highest BCUT2D eigenvalue weighted by atomic mass is 32.2. The number of piperidine rings is 1. The fraction of sp³-hybridized carbons (Fsp3) is 0.375. The van der Waals surface area contributed by atoms with E-state index < -0.39 is 10.0 Å². The number of hydrogen-bond donors (Lipinski definition) is 1. The van der Waals surface area contributed by atoms with Crippen LogP contribution in [0.5, 0.6) is 0 Å². The summed E-state index contributed by atoms with van der Waals surface area (Å²) in [7, 11) is -3.65. The summed E-state index contributed by atoms with van der Waals surface area (Å²) in [4.78, 5) is 16.5. The van der Waals surface area contributed by atoms with Crippen LogP contribution in [0.3, 0.4) is 0 Å². The van der Waals surface area contributed by atoms with E-state index in [4.69, 9.17) is 4.52 Å². The molecule has 0 saturated carbocycles. The van der Waals surface area contributed by atoms with E-state index in [0.717, 1.165) is 0 Å². The van der Waals surface area contributed by atoms with Crippen molar-refractivity contribution < 1.29 is 22.1 Å². The van der Waals surface area contributed by atoms with Gasteiger partial charge in [-0.25, -0.2) is 12.8 Å². The fourth-order valence-corrected chi connectivity index (χ4v) is 5.38. The maximum atomic E-state index is 13.1. The van der Waals surface area contributed by atoms with Crippen molar-refractivity contribution >= 4 is 21.6 Å². The first-order chi connectivity index (χ1) is 16.2. The lowest BCUT2D eigenvalue weighted by molar-refractivity contribution is -0.116. The molecule has 1 amide bonds. The molecule has 0 unspecified atom stereocenters. The number of amides is 1. The smallest absolute Gasteiger partial charge is 0.257 e. The molecule has 180 valence electrons. The normalized spacial score (nSPS) is 15.5. The number of nitrogens with zero attached hydrogens (tertiary/aromatic N) is 3. The van der Waals surface area contributed by atoms with Gasteiger partial charge in [0.1, 0.15) is 5.82 Å². The van der Waals surface area contributed by atoms with Crippen molar-refractivity contribution in [3.63, 3.8) is 0 Å². The molecule has 1 saturated heterocycles. The third kappa shape index (κ3) is 5.51. The van der Waals surface area contributed by atoms with E-state index in [2.05, 4.69) is 15.5 Å². The van der Waals surface area contributed by atoms with Gasteiger partial charge in [-0.2, -0.15) is 9.29 Å². The molecule has 0 bridgehead atoms. The van der Waals surface area contributed by atoms with Crippen molar-refractivity contribution in [2.24, 2.45) is 5.92 Å². The van der Waals surface area contributed by atoms with Gasteiger partial charge in [0.2, 0.25) is 15.9 Å². The molecule has 1 N–H and O–H groups in total. The molecule has 34 heavy (non-hydrogen) atoms. The van der Waals surface area contributed by atoms with Crippen LogP contribution in [-0.4, -0.2) is 41.9 Å². The van der Waals surface area contributed by atoms with E-state index in [1.165, 1.54) is 28.6 Å². The molecule has 8 nitrogen and oxygen atoms in total. The summed E-state index contributed by atoms with van der Waals surface area (Å²) in [6.07, 6.45) is 1.52. The van der Waals surface area contributed by atoms with Crippen molar-refractivity contribution in [1.29, 1.82) is 0 Å². The quantitative estimate of drug-likeness (QED) is 0.530. The van der Waals surface area contributed by atoms with E-state index in [9.17, 15) is 17.6 Å². The number of hydrogen-bond acceptors (Lipinski definition) is 6. The third-order valence-corrected chi connectivity index (χ3v) is 7.63. The van der Waals surface area contributed by atoms with Gasteiger partial charge < -0.3 is 9.84 Å². The van der Waals surface area contributed by atoms with Crippen LogP contribution >= 0.6 is 0 Å². The molecule has 2 aromatic carbocycles. The molecule has 1 fully saturated rings. The molecule has 3 aromatic rings. The molecule has 0 atom stereocenters. The molecule has 0 aliphatic carbocycles. The second-order valence-corrected chi connectivity index (χ2v) is 10.8. The van der Waals surface area contributed by atoms with Gasteiger partial charge >= 0.3 is 0 Å². The van der Waals surface area contributed by atoms with Crippen LogP contribution < -0.4 is 5.32 Å². The molecule has 0 radical (unpaired) electrons. The van der Waals surface area contributed by atoms with Crippen LogP contribution in [0, 0.1) is 11.7 Å². The van der Waals surface area contributed by atoms with E-state index in [-0.39, 0.29) is 28.5 Å². The standard InChI is InChI=1S/C24H27FN4O4S/c1-16(2)15-22(30)26-20-7-9-21(10-8-20)34(31,32)29-13-11-17(12-14-29)23-27-24(33-28-23)18-3-5-19(25)6-4-18/h3-10,16-17H,11-15H2,1-2H3,(H,26,30). The summed E-state index contributed by atoms with van der Waals surface area (Å²) >= 11 is 0. The lowest BCUT2D eigenvalue weighted by Crippen LogP contribution is -2.38. The second kappa shape index (κ2) is 10.0. The Morgan fingerprint density at radius 1 is 1.12 bits per heavy atom. The van der Waals surface area contributed by atoms with Crippen molar-refractivity contribution in [2.75, 3.05) is 18.4 Å². The highest BCUT2D eigenvalue weighted by Crippen LogP contribution is 2.31. The van der Waals surface area contributed by atoms with Gasteiger partial charge in [0.25, 0.3) is 5.89 Å². The number of halogens is 1. The number of carbonyl (C=O) groups excluding carboxylic acids is 1. The zero-order valence-corrected chi connectivity index (χ0v) is 19.9. The minimum atomic E-state index is -3.65. The van der Waals surface area contributed by atoms with E-state index in [1.807, 2.05) is 13.8 Å². The summed E-state index contributed by atoms with van der Waals surface area (Å²) in [5, 5.41) is 6.84. The zero-order valence-electron chi connectivity index (χ0n) is 19.1. The molecule has 4 rings (SSSR count). The fourth-order valence-electron chi connectivity index (χ4n) is 3.91. The number of nitrogens with one attached hydrogen (secondary N) is 1. The van der Waals surface area contributed by atoms with Gasteiger partial charge in [0.15, 0.2) is 5.82 Å². The third-order valence-electron chi connectivity index (χ3n) is 5.72. The van der Waals surface area contributed by atoms with Gasteiger partial charge in [-0.3, -0.25) is 4.79 Å². The average molecular weight is 487 g/mol. The predicted molar refractivity (Wildman–Crippen MR) is 125 cm³/mol. The van der Waals surface area contributed by atoms with Crippen LogP contribution in [0.15, 0.2) is 57.9 Å². The second-order valence-electron chi connectivity index (χ2n) is 8.81. The van der Waals surface area contributed by atoms with Crippen LogP contribution in [0.2, 0.25) is 0 Å². The minimum Gasteiger partial charge on any atom is -0.334 e. The summed E-state index contributed by atoms with van der Waals surface area (Å²) in [5.41, 5.74) is 1.20. The van der Waals surface area contributed by atoms with Crippen molar-refractivity contribution in [1.82, 2.24) is 14.4 Å². The highest BCUT2D eigenvalue weighted by molar-refractivity contribution is 7.89. The molecule has 1 aromatic heterocycles. The summed E-state index contributed by atoms with van der Waals surface area (Å²) in [6.45, 7) is 4.59. The van der Waals surface area contributed by atoms with Crippen molar-refractivity contribution in [3.8, 4) is 11.5 Å². The van der Waals surface area contributed by atoms with Crippen molar-refractivity contribution in [2.45, 2.75) is 43.9 Å². The van der Waals surface area contributed by atoms with Crippen LogP contribution in [0.25, 0.3) is 11.5 Å². The molecular weight excluding hydrogens is 459 g/mol. The molecule has 0 spiro atoms. The van der Waals surface area contributed by atoms with Crippen LogP contribution in [0.1, 0.15) is 44.9 Å². The Labute approximate surface area is 198 Å². The summed E-state index contributed by atoms with van der Waals surface area (Å²) < 4.78 is 46.1. The molecule has 2 heterocycles. The van der Waals surface area contributed by atoms with Gasteiger partial charge in [-0.05, 0) is 67.3 Å². The number of benzene rings is 2. The summed E-state index contributed by atoms with van der Waals surface area (Å²) in [6, 6.07) is 12.0. The lowest BCUT2D eigenvalue weighted by Gasteiger charge is -2.29. The van der Waals surface area contributed by atoms with Gasteiger partial charge in [0, 0.05) is 36.7 Å². The van der Waals surface area contributed by atoms with E-state index in [1.54, 1.807) is 24.3 Å². The van der Waals surface area contributed by atoms with E-state index in [0.29, 0.717) is 55.3 Å².